The van der Waals surface area contributed by atoms with Gasteiger partial charge in [0.2, 0.25) is 0 Å². The van der Waals surface area contributed by atoms with Gasteiger partial charge in [-0.2, -0.15) is 0 Å². The lowest BCUT2D eigenvalue weighted by molar-refractivity contribution is 0.139. The van der Waals surface area contributed by atoms with Gasteiger partial charge in [0.1, 0.15) is 5.75 Å². The normalized spacial score (nSPS) is 17.7. The van der Waals surface area contributed by atoms with Gasteiger partial charge < -0.3 is 10.0 Å². The first-order chi connectivity index (χ1) is 10.1. The summed E-state index contributed by atoms with van der Waals surface area (Å²) in [6.07, 6.45) is 2.41. The third-order valence-corrected chi connectivity index (χ3v) is 4.73. The Morgan fingerprint density at radius 1 is 1.14 bits per heavy atom. The maximum atomic E-state index is 10.3. The Morgan fingerprint density at radius 3 is 2.62 bits per heavy atom. The zero-order valence-corrected chi connectivity index (χ0v) is 12.9. The molecule has 1 aliphatic heterocycles. The van der Waals surface area contributed by atoms with Crippen molar-refractivity contribution in [2.75, 3.05) is 27.2 Å². The number of fused-ring (bicyclic) bond motifs is 1. The molecule has 3 rings (SSSR count). The van der Waals surface area contributed by atoms with Crippen LogP contribution in [0.4, 0.5) is 0 Å². The van der Waals surface area contributed by atoms with E-state index in [0.717, 1.165) is 30.6 Å². The van der Waals surface area contributed by atoms with Crippen LogP contribution in [0.3, 0.4) is 0 Å². The first-order valence-corrected chi connectivity index (χ1v) is 7.73. The van der Waals surface area contributed by atoms with Crippen molar-refractivity contribution in [1.29, 1.82) is 0 Å². The van der Waals surface area contributed by atoms with Crippen LogP contribution in [0.1, 0.15) is 18.4 Å². The third-order valence-electron chi connectivity index (χ3n) is 4.73. The van der Waals surface area contributed by atoms with Crippen LogP contribution in [-0.4, -0.2) is 48.1 Å². The molecule has 0 spiro atoms. The molecule has 3 heteroatoms. The summed E-state index contributed by atoms with van der Waals surface area (Å²) in [5.41, 5.74) is 1.05. The van der Waals surface area contributed by atoms with E-state index in [1.807, 2.05) is 24.3 Å². The summed E-state index contributed by atoms with van der Waals surface area (Å²) in [6.45, 7) is 3.13. The quantitative estimate of drug-likeness (QED) is 0.938. The molecule has 0 atom stereocenters. The lowest BCUT2D eigenvalue weighted by atomic mass is 10.0. The molecule has 3 nitrogen and oxygen atoms in total. The van der Waals surface area contributed by atoms with Crippen LogP contribution in [0.5, 0.6) is 5.75 Å². The molecule has 2 aromatic carbocycles. The number of nitrogens with zero attached hydrogens (tertiary/aromatic N) is 2. The molecule has 1 heterocycles. The SMILES string of the molecule is CN1CCC(N(C)Cc2c(O)ccc3ccccc23)CC1. The van der Waals surface area contributed by atoms with E-state index >= 15 is 0 Å². The molecule has 1 aliphatic rings. The standard InChI is InChI=1S/C18H24N2O/c1-19-11-9-15(10-12-19)20(2)13-17-16-6-4-3-5-14(16)7-8-18(17)21/h3-8,15,21H,9-13H2,1-2H3. The second kappa shape index (κ2) is 6.04. The van der Waals surface area contributed by atoms with E-state index in [1.165, 1.54) is 18.2 Å². The molecule has 0 amide bonds. The van der Waals surface area contributed by atoms with E-state index in [1.54, 1.807) is 0 Å². The van der Waals surface area contributed by atoms with Gasteiger partial charge in [-0.15, -0.1) is 0 Å². The molecule has 1 N–H and O–H groups in total. The largest absolute Gasteiger partial charge is 0.508 e. The monoisotopic (exact) mass is 284 g/mol. The summed E-state index contributed by atoms with van der Waals surface area (Å²) in [7, 11) is 4.37. The van der Waals surface area contributed by atoms with Gasteiger partial charge in [-0.3, -0.25) is 4.90 Å². The lowest BCUT2D eigenvalue weighted by Crippen LogP contribution is -2.41. The lowest BCUT2D eigenvalue weighted by Gasteiger charge is -2.35. The van der Waals surface area contributed by atoms with Gasteiger partial charge in [0.15, 0.2) is 0 Å². The van der Waals surface area contributed by atoms with Crippen LogP contribution in [0.15, 0.2) is 36.4 Å². The Hall–Kier alpha value is -1.58. The van der Waals surface area contributed by atoms with E-state index in [0.29, 0.717) is 11.8 Å². The van der Waals surface area contributed by atoms with E-state index in [-0.39, 0.29) is 0 Å². The number of piperidine rings is 1. The molecule has 21 heavy (non-hydrogen) atoms. The fraction of sp³-hybridized carbons (Fsp3) is 0.444. The minimum atomic E-state index is 0.411. The van der Waals surface area contributed by atoms with Crippen molar-refractivity contribution < 1.29 is 5.11 Å². The molecule has 1 saturated heterocycles. The van der Waals surface area contributed by atoms with Crippen molar-refractivity contribution in [3.05, 3.63) is 42.0 Å². The summed E-state index contributed by atoms with van der Waals surface area (Å²) >= 11 is 0. The molecule has 0 aliphatic carbocycles. The summed E-state index contributed by atoms with van der Waals surface area (Å²) in [5.74, 6) is 0.411. The Morgan fingerprint density at radius 2 is 1.86 bits per heavy atom. The maximum Gasteiger partial charge on any atom is 0.120 e. The van der Waals surface area contributed by atoms with E-state index in [2.05, 4.69) is 36.0 Å². The van der Waals surface area contributed by atoms with Crippen molar-refractivity contribution in [2.24, 2.45) is 0 Å². The van der Waals surface area contributed by atoms with Crippen LogP contribution < -0.4 is 0 Å². The third kappa shape index (κ3) is 3.04. The Kier molecular flexibility index (Phi) is 4.13. The zero-order valence-electron chi connectivity index (χ0n) is 12.9. The van der Waals surface area contributed by atoms with Gasteiger partial charge in [0, 0.05) is 18.2 Å². The Bertz CT molecular complexity index is 618. The molecule has 0 bridgehead atoms. The number of phenolic OH excluding ortho intramolecular Hbond substituents is 1. The topological polar surface area (TPSA) is 26.7 Å². The number of phenols is 1. The fourth-order valence-corrected chi connectivity index (χ4v) is 3.30. The van der Waals surface area contributed by atoms with E-state index in [9.17, 15) is 5.11 Å². The summed E-state index contributed by atoms with van der Waals surface area (Å²) < 4.78 is 0. The highest BCUT2D eigenvalue weighted by molar-refractivity contribution is 5.87. The van der Waals surface area contributed by atoms with Gasteiger partial charge in [-0.25, -0.2) is 0 Å². The summed E-state index contributed by atoms with van der Waals surface area (Å²) in [6, 6.07) is 12.7. The van der Waals surface area contributed by atoms with Crippen LogP contribution >= 0.6 is 0 Å². The molecule has 0 saturated carbocycles. The highest BCUT2D eigenvalue weighted by Crippen LogP contribution is 2.29. The van der Waals surface area contributed by atoms with Gasteiger partial charge in [-0.1, -0.05) is 30.3 Å². The van der Waals surface area contributed by atoms with E-state index < -0.39 is 0 Å². The van der Waals surface area contributed by atoms with Gasteiger partial charge in [0.25, 0.3) is 0 Å². The molecule has 0 aromatic heterocycles. The van der Waals surface area contributed by atoms with Crippen LogP contribution in [-0.2, 0) is 6.54 Å². The number of benzene rings is 2. The number of aromatic hydroxyl groups is 1. The predicted molar refractivity (Wildman–Crippen MR) is 87.6 cm³/mol. The molecule has 112 valence electrons. The highest BCUT2D eigenvalue weighted by Gasteiger charge is 2.21. The van der Waals surface area contributed by atoms with Crippen molar-refractivity contribution in [2.45, 2.75) is 25.4 Å². The summed E-state index contributed by atoms with van der Waals surface area (Å²) in [4.78, 5) is 4.79. The second-order valence-electron chi connectivity index (χ2n) is 6.23. The average Bonchev–Trinajstić information content (AvgIpc) is 2.51. The van der Waals surface area contributed by atoms with Crippen molar-refractivity contribution >= 4 is 10.8 Å². The fourth-order valence-electron chi connectivity index (χ4n) is 3.30. The molecule has 2 aromatic rings. The first kappa shape index (κ1) is 14.4. The Labute approximate surface area is 126 Å². The average molecular weight is 284 g/mol. The van der Waals surface area contributed by atoms with Crippen LogP contribution in [0.2, 0.25) is 0 Å². The van der Waals surface area contributed by atoms with Crippen molar-refractivity contribution in [3.8, 4) is 5.75 Å². The maximum absolute atomic E-state index is 10.3. The first-order valence-electron chi connectivity index (χ1n) is 7.73. The van der Waals surface area contributed by atoms with E-state index in [4.69, 9.17) is 0 Å². The minimum absolute atomic E-state index is 0.411. The van der Waals surface area contributed by atoms with Crippen LogP contribution in [0, 0.1) is 0 Å². The molecule has 1 fully saturated rings. The molecule has 0 unspecified atom stereocenters. The number of hydrogen-bond acceptors (Lipinski definition) is 3. The number of hydrogen-bond donors (Lipinski definition) is 1. The highest BCUT2D eigenvalue weighted by atomic mass is 16.3. The van der Waals surface area contributed by atoms with Crippen molar-refractivity contribution in [3.63, 3.8) is 0 Å². The minimum Gasteiger partial charge on any atom is -0.508 e. The van der Waals surface area contributed by atoms with Gasteiger partial charge in [0.05, 0.1) is 0 Å². The van der Waals surface area contributed by atoms with Crippen LogP contribution in [0.25, 0.3) is 10.8 Å². The predicted octanol–water partition coefficient (Wildman–Crippen LogP) is 3.07. The molecule has 0 radical (unpaired) electrons. The number of rotatable bonds is 3. The smallest absolute Gasteiger partial charge is 0.120 e. The molecular formula is C18H24N2O. The zero-order chi connectivity index (χ0) is 14.8. The summed E-state index contributed by atoms with van der Waals surface area (Å²) in [5, 5.41) is 12.6. The number of likely N-dealkylation sites (tertiary alicyclic amines) is 1. The molecular weight excluding hydrogens is 260 g/mol. The Balaban J connectivity index is 1.82. The van der Waals surface area contributed by atoms with Gasteiger partial charge >= 0.3 is 0 Å². The van der Waals surface area contributed by atoms with Crippen molar-refractivity contribution in [1.82, 2.24) is 9.80 Å². The second-order valence-corrected chi connectivity index (χ2v) is 6.23. The van der Waals surface area contributed by atoms with Gasteiger partial charge in [-0.05, 0) is 56.9 Å².